The molecule has 2 N–H and O–H groups in total. The Hall–Kier alpha value is -0.170. The summed E-state index contributed by atoms with van der Waals surface area (Å²) in [4.78, 5) is 0. The van der Waals surface area contributed by atoms with Crippen LogP contribution in [0.4, 0.5) is 0 Å². The van der Waals surface area contributed by atoms with Gasteiger partial charge in [0.2, 0.25) is 0 Å². The molecular weight excluding hydrogens is 238 g/mol. The molecule has 0 radical (unpaired) electrons. The van der Waals surface area contributed by atoms with Gasteiger partial charge in [-0.3, -0.25) is 0 Å². The first-order valence-corrected chi connectivity index (χ1v) is 7.86. The van der Waals surface area contributed by atoms with Crippen molar-refractivity contribution in [1.29, 1.82) is 0 Å². The van der Waals surface area contributed by atoms with E-state index in [1.165, 1.54) is 4.31 Å². The first kappa shape index (κ1) is 16.8. The lowest BCUT2D eigenvalue weighted by Gasteiger charge is -2.21. The van der Waals surface area contributed by atoms with Crippen molar-refractivity contribution >= 4 is 10.2 Å². The summed E-state index contributed by atoms with van der Waals surface area (Å²) < 4.78 is 27.9. The normalized spacial score (nSPS) is 12.6. The van der Waals surface area contributed by atoms with Crippen molar-refractivity contribution < 1.29 is 8.42 Å². The van der Waals surface area contributed by atoms with Crippen LogP contribution in [0.2, 0.25) is 0 Å². The van der Waals surface area contributed by atoms with Crippen LogP contribution >= 0.6 is 0 Å². The molecule has 104 valence electrons. The average Bonchev–Trinajstić information content (AvgIpc) is 2.31. The summed E-state index contributed by atoms with van der Waals surface area (Å²) in [5.74, 6) is 0. The predicted molar refractivity (Wildman–Crippen MR) is 72.2 cm³/mol. The summed E-state index contributed by atoms with van der Waals surface area (Å²) in [5.41, 5.74) is 0. The Kier molecular flexibility index (Phi) is 8.77. The van der Waals surface area contributed by atoms with E-state index in [2.05, 4.69) is 10.0 Å². The highest BCUT2D eigenvalue weighted by molar-refractivity contribution is 7.87. The summed E-state index contributed by atoms with van der Waals surface area (Å²) in [6.45, 7) is 8.32. The van der Waals surface area contributed by atoms with Crippen molar-refractivity contribution in [3.63, 3.8) is 0 Å². The van der Waals surface area contributed by atoms with Gasteiger partial charge in [-0.1, -0.05) is 20.8 Å². The highest BCUT2D eigenvalue weighted by Gasteiger charge is 2.19. The lowest BCUT2D eigenvalue weighted by atomic mass is 10.2. The lowest BCUT2D eigenvalue weighted by molar-refractivity contribution is 0.431. The summed E-state index contributed by atoms with van der Waals surface area (Å²) in [6.07, 6.45) is 2.47. The fraction of sp³-hybridized carbons (Fsp3) is 1.00. The van der Waals surface area contributed by atoms with Gasteiger partial charge in [0.25, 0.3) is 10.2 Å². The Labute approximate surface area is 106 Å². The first-order valence-electron chi connectivity index (χ1n) is 6.42. The van der Waals surface area contributed by atoms with Gasteiger partial charge in [0.05, 0.1) is 0 Å². The Balaban J connectivity index is 4.11. The molecule has 0 fully saturated rings. The van der Waals surface area contributed by atoms with Crippen LogP contribution < -0.4 is 10.0 Å². The quantitative estimate of drug-likeness (QED) is 0.578. The number of nitrogens with zero attached hydrogens (tertiary/aromatic N) is 1. The molecule has 0 amide bonds. The van der Waals surface area contributed by atoms with Crippen LogP contribution in [0.5, 0.6) is 0 Å². The zero-order chi connectivity index (χ0) is 13.3. The summed E-state index contributed by atoms with van der Waals surface area (Å²) in [5, 5.41) is 3.18. The zero-order valence-corrected chi connectivity index (χ0v) is 12.3. The van der Waals surface area contributed by atoms with Crippen LogP contribution in [0.3, 0.4) is 0 Å². The molecule has 0 aromatic heterocycles. The monoisotopic (exact) mass is 265 g/mol. The minimum atomic E-state index is -3.32. The van der Waals surface area contributed by atoms with Gasteiger partial charge in [0.15, 0.2) is 0 Å². The molecule has 0 aromatic rings. The molecule has 5 nitrogen and oxygen atoms in total. The number of rotatable bonds is 10. The van der Waals surface area contributed by atoms with Gasteiger partial charge in [-0.05, 0) is 32.4 Å². The van der Waals surface area contributed by atoms with E-state index >= 15 is 0 Å². The van der Waals surface area contributed by atoms with Crippen molar-refractivity contribution in [3.8, 4) is 0 Å². The third-order valence-electron chi connectivity index (χ3n) is 2.79. The molecule has 0 atom stereocenters. The number of nitrogens with one attached hydrogen (secondary N) is 2. The standard InChI is InChI=1S/C11H27N3O2S/c1-5-11(6-2)13-17(15,16)14(4)10-8-9-12-7-3/h11-13H,5-10H2,1-4H3. The molecule has 0 aliphatic heterocycles. The fourth-order valence-corrected chi connectivity index (χ4v) is 2.78. The van der Waals surface area contributed by atoms with Crippen molar-refractivity contribution in [1.82, 2.24) is 14.3 Å². The molecule has 0 saturated carbocycles. The highest BCUT2D eigenvalue weighted by Crippen LogP contribution is 2.02. The molecule has 17 heavy (non-hydrogen) atoms. The maximum Gasteiger partial charge on any atom is 0.279 e. The van der Waals surface area contributed by atoms with Crippen LogP contribution in [-0.2, 0) is 10.2 Å². The Morgan fingerprint density at radius 2 is 1.76 bits per heavy atom. The van der Waals surface area contributed by atoms with Crippen molar-refractivity contribution in [2.24, 2.45) is 0 Å². The van der Waals surface area contributed by atoms with Crippen LogP contribution in [0.25, 0.3) is 0 Å². The number of hydrogen-bond acceptors (Lipinski definition) is 3. The van der Waals surface area contributed by atoms with Crippen LogP contribution in [0.1, 0.15) is 40.0 Å². The SMILES string of the molecule is CCNCCCN(C)S(=O)(=O)NC(CC)CC. The fourth-order valence-electron chi connectivity index (χ4n) is 1.48. The highest BCUT2D eigenvalue weighted by atomic mass is 32.2. The van der Waals surface area contributed by atoms with Gasteiger partial charge in [-0.2, -0.15) is 17.4 Å². The second-order valence-corrected chi connectivity index (χ2v) is 5.97. The molecule has 0 aromatic carbocycles. The van der Waals surface area contributed by atoms with Gasteiger partial charge in [0.1, 0.15) is 0 Å². The van der Waals surface area contributed by atoms with Crippen LogP contribution in [-0.4, -0.2) is 45.4 Å². The van der Waals surface area contributed by atoms with Gasteiger partial charge in [0, 0.05) is 19.6 Å². The second-order valence-electron chi connectivity index (χ2n) is 4.16. The molecule has 0 spiro atoms. The second kappa shape index (κ2) is 8.85. The molecule has 0 aliphatic rings. The van der Waals surface area contributed by atoms with E-state index in [0.29, 0.717) is 6.54 Å². The van der Waals surface area contributed by atoms with Gasteiger partial charge >= 0.3 is 0 Å². The van der Waals surface area contributed by atoms with Crippen LogP contribution in [0, 0.1) is 0 Å². The van der Waals surface area contributed by atoms with Gasteiger partial charge in [-0.25, -0.2) is 0 Å². The lowest BCUT2D eigenvalue weighted by Crippen LogP contribution is -2.44. The smallest absolute Gasteiger partial charge is 0.279 e. The Bertz CT molecular complexity index is 276. The third kappa shape index (κ3) is 6.98. The predicted octanol–water partition coefficient (Wildman–Crippen LogP) is 0.941. The minimum Gasteiger partial charge on any atom is -0.317 e. The summed E-state index contributed by atoms with van der Waals surface area (Å²) in [7, 11) is -1.69. The molecular formula is C11H27N3O2S. The van der Waals surface area contributed by atoms with Crippen LogP contribution in [0.15, 0.2) is 0 Å². The van der Waals surface area contributed by atoms with Crippen molar-refractivity contribution in [2.75, 3.05) is 26.7 Å². The average molecular weight is 265 g/mol. The van der Waals surface area contributed by atoms with E-state index in [1.807, 2.05) is 20.8 Å². The summed E-state index contributed by atoms with van der Waals surface area (Å²) >= 11 is 0. The maximum atomic E-state index is 11.9. The van der Waals surface area contributed by atoms with E-state index in [4.69, 9.17) is 0 Å². The van der Waals surface area contributed by atoms with E-state index in [1.54, 1.807) is 7.05 Å². The molecule has 0 unspecified atom stereocenters. The minimum absolute atomic E-state index is 0.0382. The number of hydrogen-bond donors (Lipinski definition) is 2. The Morgan fingerprint density at radius 3 is 2.24 bits per heavy atom. The topological polar surface area (TPSA) is 61.4 Å². The van der Waals surface area contributed by atoms with Crippen molar-refractivity contribution in [3.05, 3.63) is 0 Å². The van der Waals surface area contributed by atoms with E-state index in [-0.39, 0.29) is 6.04 Å². The van der Waals surface area contributed by atoms with E-state index < -0.39 is 10.2 Å². The van der Waals surface area contributed by atoms with Gasteiger partial charge in [-0.15, -0.1) is 0 Å². The van der Waals surface area contributed by atoms with Gasteiger partial charge < -0.3 is 5.32 Å². The zero-order valence-electron chi connectivity index (χ0n) is 11.5. The van der Waals surface area contributed by atoms with E-state index in [9.17, 15) is 8.42 Å². The molecule has 0 saturated heterocycles. The third-order valence-corrected chi connectivity index (χ3v) is 4.42. The molecule has 0 aliphatic carbocycles. The largest absolute Gasteiger partial charge is 0.317 e. The summed E-state index contributed by atoms with van der Waals surface area (Å²) in [6, 6.07) is 0.0382. The maximum absolute atomic E-state index is 11.9. The molecule has 0 bridgehead atoms. The van der Waals surface area contributed by atoms with Crippen molar-refractivity contribution in [2.45, 2.75) is 46.1 Å². The molecule has 6 heteroatoms. The Morgan fingerprint density at radius 1 is 1.18 bits per heavy atom. The van der Waals surface area contributed by atoms with E-state index in [0.717, 1.165) is 32.4 Å². The first-order chi connectivity index (χ1) is 7.97. The molecule has 0 rings (SSSR count). The molecule has 0 heterocycles.